The number of hydrogen-bond acceptors (Lipinski definition) is 3. The normalized spacial score (nSPS) is 12.8. The maximum atomic E-state index is 12.8. The first-order valence-electron chi connectivity index (χ1n) is 7.90. The molecule has 25 heavy (non-hydrogen) atoms. The molecule has 2 rings (SSSR count). The van der Waals surface area contributed by atoms with Gasteiger partial charge in [-0.1, -0.05) is 36.2 Å². The Labute approximate surface area is 153 Å². The second-order valence-electron chi connectivity index (χ2n) is 5.69. The number of rotatable bonds is 6. The molecule has 0 aliphatic carbocycles. The van der Waals surface area contributed by atoms with Crippen LogP contribution in [0.25, 0.3) is 0 Å². The highest BCUT2D eigenvalue weighted by Crippen LogP contribution is 2.21. The van der Waals surface area contributed by atoms with Crippen molar-refractivity contribution in [1.82, 2.24) is 4.31 Å². The summed E-state index contributed by atoms with van der Waals surface area (Å²) in [5.74, 6) is -0.386. The Balaban J connectivity index is 2.21. The second kappa shape index (κ2) is 7.99. The van der Waals surface area contributed by atoms with Crippen LogP contribution in [0.5, 0.6) is 0 Å². The Bertz CT molecular complexity index is 834. The zero-order valence-corrected chi connectivity index (χ0v) is 15.9. The molecule has 0 fully saturated rings. The first kappa shape index (κ1) is 19.4. The summed E-state index contributed by atoms with van der Waals surface area (Å²) < 4.78 is 26.8. The Kier molecular flexibility index (Phi) is 6.21. The highest BCUT2D eigenvalue weighted by Gasteiger charge is 2.31. The van der Waals surface area contributed by atoms with Crippen LogP contribution in [0.2, 0.25) is 5.02 Å². The first-order valence-corrected chi connectivity index (χ1v) is 9.72. The molecule has 0 bridgehead atoms. The first-order chi connectivity index (χ1) is 11.8. The van der Waals surface area contributed by atoms with E-state index in [1.165, 1.54) is 28.6 Å². The average Bonchev–Trinajstić information content (AvgIpc) is 2.57. The van der Waals surface area contributed by atoms with E-state index in [1.54, 1.807) is 26.0 Å². The van der Waals surface area contributed by atoms with Gasteiger partial charge in [0.15, 0.2) is 0 Å². The van der Waals surface area contributed by atoms with E-state index >= 15 is 0 Å². The van der Waals surface area contributed by atoms with Crippen molar-refractivity contribution in [1.29, 1.82) is 0 Å². The second-order valence-corrected chi connectivity index (χ2v) is 8.02. The van der Waals surface area contributed by atoms with Gasteiger partial charge in [0.2, 0.25) is 15.9 Å². The van der Waals surface area contributed by atoms with Crippen LogP contribution in [0, 0.1) is 6.92 Å². The van der Waals surface area contributed by atoms with Gasteiger partial charge in [-0.05, 0) is 50.2 Å². The predicted octanol–water partition coefficient (Wildman–Crippen LogP) is 3.69. The molecular weight excluding hydrogens is 360 g/mol. The SMILES string of the molecule is CCN([C@@H](C)C(=O)Nc1ccc(C)cc1)S(=O)(=O)c1ccc(Cl)cc1. The van der Waals surface area contributed by atoms with Gasteiger partial charge < -0.3 is 5.32 Å². The molecule has 2 aromatic rings. The summed E-state index contributed by atoms with van der Waals surface area (Å²) in [6.45, 7) is 5.39. The third-order valence-corrected chi connectivity index (χ3v) is 6.17. The summed E-state index contributed by atoms with van der Waals surface area (Å²) in [4.78, 5) is 12.6. The number of hydrogen-bond donors (Lipinski definition) is 1. The number of nitrogens with zero attached hydrogens (tertiary/aromatic N) is 1. The lowest BCUT2D eigenvalue weighted by Crippen LogP contribution is -2.45. The number of likely N-dealkylation sites (N-methyl/N-ethyl adjacent to an activating group) is 1. The summed E-state index contributed by atoms with van der Waals surface area (Å²) in [6.07, 6.45) is 0. The molecule has 5 nitrogen and oxygen atoms in total. The summed E-state index contributed by atoms with van der Waals surface area (Å²) in [7, 11) is -3.80. The highest BCUT2D eigenvalue weighted by molar-refractivity contribution is 7.89. The van der Waals surface area contributed by atoms with Crippen LogP contribution in [0.3, 0.4) is 0 Å². The van der Waals surface area contributed by atoms with Crippen LogP contribution in [-0.4, -0.2) is 31.2 Å². The molecule has 7 heteroatoms. The van der Waals surface area contributed by atoms with E-state index in [9.17, 15) is 13.2 Å². The van der Waals surface area contributed by atoms with Gasteiger partial charge in [-0.15, -0.1) is 0 Å². The monoisotopic (exact) mass is 380 g/mol. The molecule has 0 radical (unpaired) electrons. The third kappa shape index (κ3) is 4.60. The summed E-state index contributed by atoms with van der Waals surface area (Å²) >= 11 is 5.82. The zero-order valence-electron chi connectivity index (χ0n) is 14.4. The van der Waals surface area contributed by atoms with Gasteiger partial charge in [-0.2, -0.15) is 4.31 Å². The van der Waals surface area contributed by atoms with Crippen molar-refractivity contribution in [3.8, 4) is 0 Å². The largest absolute Gasteiger partial charge is 0.325 e. The number of aryl methyl sites for hydroxylation is 1. The average molecular weight is 381 g/mol. The number of sulfonamides is 1. The maximum Gasteiger partial charge on any atom is 0.243 e. The van der Waals surface area contributed by atoms with Crippen molar-refractivity contribution >= 4 is 33.2 Å². The molecule has 0 saturated heterocycles. The van der Waals surface area contributed by atoms with Crippen LogP contribution >= 0.6 is 11.6 Å². The van der Waals surface area contributed by atoms with Gasteiger partial charge >= 0.3 is 0 Å². The lowest BCUT2D eigenvalue weighted by molar-refractivity contribution is -0.119. The molecule has 2 aromatic carbocycles. The Morgan fingerprint density at radius 3 is 2.20 bits per heavy atom. The Morgan fingerprint density at radius 2 is 1.68 bits per heavy atom. The minimum atomic E-state index is -3.80. The number of nitrogens with one attached hydrogen (secondary N) is 1. The Hall–Kier alpha value is -1.89. The lowest BCUT2D eigenvalue weighted by atomic mass is 10.2. The number of amides is 1. The number of anilines is 1. The molecule has 0 heterocycles. The van der Waals surface area contributed by atoms with E-state index in [1.807, 2.05) is 19.1 Å². The standard InChI is InChI=1S/C18H21ClN2O3S/c1-4-21(25(23,24)17-11-7-15(19)8-12-17)14(3)18(22)20-16-9-5-13(2)6-10-16/h5-12,14H,4H2,1-3H3,(H,20,22)/t14-/m0/s1. The van der Waals surface area contributed by atoms with Gasteiger partial charge in [0.25, 0.3) is 0 Å². The van der Waals surface area contributed by atoms with Crippen LogP contribution < -0.4 is 5.32 Å². The maximum absolute atomic E-state index is 12.8. The van der Waals surface area contributed by atoms with Gasteiger partial charge in [0.1, 0.15) is 6.04 Å². The van der Waals surface area contributed by atoms with Gasteiger partial charge in [0.05, 0.1) is 4.90 Å². The minimum Gasteiger partial charge on any atom is -0.325 e. The summed E-state index contributed by atoms with van der Waals surface area (Å²) in [5, 5.41) is 3.20. The van der Waals surface area contributed by atoms with Crippen LogP contribution in [0.15, 0.2) is 53.4 Å². The van der Waals surface area contributed by atoms with E-state index in [2.05, 4.69) is 5.32 Å². The van der Waals surface area contributed by atoms with Crippen molar-refractivity contribution in [2.75, 3.05) is 11.9 Å². The lowest BCUT2D eigenvalue weighted by Gasteiger charge is -2.26. The Morgan fingerprint density at radius 1 is 1.12 bits per heavy atom. The highest BCUT2D eigenvalue weighted by atomic mass is 35.5. The predicted molar refractivity (Wildman–Crippen MR) is 100 cm³/mol. The van der Waals surface area contributed by atoms with Crippen molar-refractivity contribution < 1.29 is 13.2 Å². The fourth-order valence-electron chi connectivity index (χ4n) is 2.41. The minimum absolute atomic E-state index is 0.105. The molecule has 0 saturated carbocycles. The molecule has 1 atom stereocenters. The number of carbonyl (C=O) groups excluding carboxylic acids is 1. The van der Waals surface area contributed by atoms with Crippen molar-refractivity contribution in [2.45, 2.75) is 31.7 Å². The van der Waals surface area contributed by atoms with Gasteiger partial charge in [-0.25, -0.2) is 8.42 Å². The summed E-state index contributed by atoms with van der Waals surface area (Å²) in [5.41, 5.74) is 1.70. The van der Waals surface area contributed by atoms with E-state index in [0.29, 0.717) is 10.7 Å². The third-order valence-electron chi connectivity index (χ3n) is 3.86. The molecular formula is C18H21ClN2O3S. The molecule has 1 amide bonds. The topological polar surface area (TPSA) is 66.5 Å². The molecule has 1 N–H and O–H groups in total. The van der Waals surface area contributed by atoms with Crippen molar-refractivity contribution in [3.63, 3.8) is 0 Å². The molecule has 0 aliphatic rings. The van der Waals surface area contributed by atoms with Gasteiger partial charge in [0, 0.05) is 17.3 Å². The molecule has 0 aromatic heterocycles. The fourth-order valence-corrected chi connectivity index (χ4v) is 4.14. The zero-order chi connectivity index (χ0) is 18.6. The molecule has 0 unspecified atom stereocenters. The molecule has 134 valence electrons. The van der Waals surface area contributed by atoms with E-state index in [4.69, 9.17) is 11.6 Å². The summed E-state index contributed by atoms with van der Waals surface area (Å²) in [6, 6.07) is 12.4. The number of benzene rings is 2. The van der Waals surface area contributed by atoms with Crippen LogP contribution in [0.1, 0.15) is 19.4 Å². The van der Waals surface area contributed by atoms with Crippen LogP contribution in [0.4, 0.5) is 5.69 Å². The van der Waals surface area contributed by atoms with E-state index < -0.39 is 16.1 Å². The number of halogens is 1. The van der Waals surface area contributed by atoms with E-state index in [0.717, 1.165) is 5.56 Å². The van der Waals surface area contributed by atoms with Crippen LogP contribution in [-0.2, 0) is 14.8 Å². The molecule has 0 spiro atoms. The van der Waals surface area contributed by atoms with Crippen molar-refractivity contribution in [2.24, 2.45) is 0 Å². The van der Waals surface area contributed by atoms with Crippen molar-refractivity contribution in [3.05, 3.63) is 59.1 Å². The number of carbonyl (C=O) groups is 1. The quantitative estimate of drug-likeness (QED) is 0.831. The van der Waals surface area contributed by atoms with E-state index in [-0.39, 0.29) is 17.3 Å². The fraction of sp³-hybridized carbons (Fsp3) is 0.278. The smallest absolute Gasteiger partial charge is 0.243 e. The van der Waals surface area contributed by atoms with Gasteiger partial charge in [-0.3, -0.25) is 4.79 Å². The molecule has 0 aliphatic heterocycles.